The number of carbonyl (C=O) groups is 2. The summed E-state index contributed by atoms with van der Waals surface area (Å²) in [6.07, 6.45) is 0.323. The largest absolute Gasteiger partial charge is 0.491 e. The number of rotatable bonds is 5. The van der Waals surface area contributed by atoms with Gasteiger partial charge in [-0.3, -0.25) is 9.59 Å². The predicted octanol–water partition coefficient (Wildman–Crippen LogP) is 4.08. The molecule has 1 aliphatic rings. The van der Waals surface area contributed by atoms with Gasteiger partial charge in [-0.2, -0.15) is 0 Å². The monoisotopic (exact) mass is 366 g/mol. The molecule has 1 fully saturated rings. The molecule has 2 aromatic rings. The molecule has 1 saturated heterocycles. The van der Waals surface area contributed by atoms with Crippen LogP contribution >= 0.6 is 0 Å². The van der Waals surface area contributed by atoms with Crippen molar-refractivity contribution >= 4 is 23.2 Å². The molecule has 5 nitrogen and oxygen atoms in total. The average molecular weight is 366 g/mol. The summed E-state index contributed by atoms with van der Waals surface area (Å²) in [6.45, 7) is 8.26. The van der Waals surface area contributed by atoms with Crippen molar-refractivity contribution in [1.29, 1.82) is 0 Å². The normalized spacial score (nSPS) is 16.7. The van der Waals surface area contributed by atoms with Crippen LogP contribution in [0.2, 0.25) is 0 Å². The van der Waals surface area contributed by atoms with Crippen LogP contribution in [0.15, 0.2) is 42.5 Å². The van der Waals surface area contributed by atoms with E-state index < -0.39 is 0 Å². The van der Waals surface area contributed by atoms with Gasteiger partial charge >= 0.3 is 0 Å². The van der Waals surface area contributed by atoms with Crippen molar-refractivity contribution in [2.24, 2.45) is 5.92 Å². The Bertz CT molecular complexity index is 823. The third-order valence-corrected chi connectivity index (χ3v) is 4.75. The van der Waals surface area contributed by atoms with E-state index in [4.69, 9.17) is 4.74 Å². The standard InChI is InChI=1S/C22H26N2O3/c1-14(2)27-19-10-8-18(9-11-19)24-13-17(12-20(24)25)22(26)23-21-15(3)6-5-7-16(21)4/h5-11,14,17H,12-13H2,1-4H3,(H,23,26). The average Bonchev–Trinajstić information content (AvgIpc) is 3.00. The quantitative estimate of drug-likeness (QED) is 0.867. The van der Waals surface area contributed by atoms with Gasteiger partial charge in [0.1, 0.15) is 5.75 Å². The van der Waals surface area contributed by atoms with Crippen molar-refractivity contribution < 1.29 is 14.3 Å². The minimum atomic E-state index is -0.358. The second-order valence-electron chi connectivity index (χ2n) is 7.32. The Kier molecular flexibility index (Phi) is 5.49. The maximum atomic E-state index is 12.7. The van der Waals surface area contributed by atoms with Crippen molar-refractivity contribution in [3.63, 3.8) is 0 Å². The lowest BCUT2D eigenvalue weighted by Crippen LogP contribution is -2.28. The number of nitrogens with zero attached hydrogens (tertiary/aromatic N) is 1. The minimum Gasteiger partial charge on any atom is -0.491 e. The third kappa shape index (κ3) is 4.30. The molecule has 0 spiro atoms. The van der Waals surface area contributed by atoms with Gasteiger partial charge in [0, 0.05) is 24.3 Å². The zero-order valence-electron chi connectivity index (χ0n) is 16.3. The second kappa shape index (κ2) is 7.82. The molecule has 1 unspecified atom stereocenters. The summed E-state index contributed by atoms with van der Waals surface area (Å²) in [5.74, 6) is 0.269. The number of carbonyl (C=O) groups excluding carboxylic acids is 2. The topological polar surface area (TPSA) is 58.6 Å². The van der Waals surface area contributed by atoms with E-state index in [1.54, 1.807) is 4.90 Å². The molecular weight excluding hydrogens is 340 g/mol. The predicted molar refractivity (Wildman–Crippen MR) is 107 cm³/mol. The van der Waals surface area contributed by atoms with Crippen LogP contribution in [0.4, 0.5) is 11.4 Å². The molecule has 142 valence electrons. The number of hydrogen-bond donors (Lipinski definition) is 1. The van der Waals surface area contributed by atoms with Crippen LogP contribution < -0.4 is 15.0 Å². The first kappa shape index (κ1) is 19.0. The van der Waals surface area contributed by atoms with E-state index in [2.05, 4.69) is 5.32 Å². The molecule has 0 saturated carbocycles. The molecule has 5 heteroatoms. The fourth-order valence-electron chi connectivity index (χ4n) is 3.35. The van der Waals surface area contributed by atoms with E-state index in [0.29, 0.717) is 6.54 Å². The van der Waals surface area contributed by atoms with Gasteiger partial charge in [-0.15, -0.1) is 0 Å². The molecule has 1 aliphatic heterocycles. The molecule has 27 heavy (non-hydrogen) atoms. The Morgan fingerprint density at radius 1 is 1.11 bits per heavy atom. The van der Waals surface area contributed by atoms with Gasteiger partial charge < -0.3 is 15.0 Å². The van der Waals surface area contributed by atoms with Gasteiger partial charge in [-0.1, -0.05) is 18.2 Å². The van der Waals surface area contributed by atoms with E-state index in [1.165, 1.54) is 0 Å². The van der Waals surface area contributed by atoms with Gasteiger partial charge in [0.05, 0.1) is 12.0 Å². The van der Waals surface area contributed by atoms with E-state index in [1.807, 2.05) is 70.2 Å². The molecule has 0 radical (unpaired) electrons. The summed E-state index contributed by atoms with van der Waals surface area (Å²) in [6, 6.07) is 13.3. The molecule has 2 amide bonds. The zero-order valence-corrected chi connectivity index (χ0v) is 16.3. The minimum absolute atomic E-state index is 0.0332. The Hall–Kier alpha value is -2.82. The molecule has 2 aromatic carbocycles. The summed E-state index contributed by atoms with van der Waals surface area (Å²) in [4.78, 5) is 26.8. The molecule has 3 rings (SSSR count). The lowest BCUT2D eigenvalue weighted by atomic mass is 10.1. The number of ether oxygens (including phenoxy) is 1. The van der Waals surface area contributed by atoms with Gasteiger partial charge in [-0.25, -0.2) is 0 Å². The van der Waals surface area contributed by atoms with E-state index in [0.717, 1.165) is 28.3 Å². The van der Waals surface area contributed by atoms with Crippen LogP contribution in [0.25, 0.3) is 0 Å². The van der Waals surface area contributed by atoms with Crippen molar-refractivity contribution in [2.75, 3.05) is 16.8 Å². The third-order valence-electron chi connectivity index (χ3n) is 4.75. The van der Waals surface area contributed by atoms with E-state index in [-0.39, 0.29) is 30.3 Å². The molecule has 0 aliphatic carbocycles. The summed E-state index contributed by atoms with van der Waals surface area (Å²) in [5, 5.41) is 3.01. The zero-order chi connectivity index (χ0) is 19.6. The van der Waals surface area contributed by atoms with Gasteiger partial charge in [0.15, 0.2) is 0 Å². The SMILES string of the molecule is Cc1cccc(C)c1NC(=O)C1CC(=O)N(c2ccc(OC(C)C)cc2)C1. The Morgan fingerprint density at radius 3 is 2.33 bits per heavy atom. The highest BCUT2D eigenvalue weighted by molar-refractivity contribution is 6.03. The highest BCUT2D eigenvalue weighted by atomic mass is 16.5. The van der Waals surface area contributed by atoms with Gasteiger partial charge in [0.25, 0.3) is 0 Å². The molecule has 1 N–H and O–H groups in total. The summed E-state index contributed by atoms with van der Waals surface area (Å²) >= 11 is 0. The van der Waals surface area contributed by atoms with Crippen LogP contribution in [-0.2, 0) is 9.59 Å². The number of benzene rings is 2. The van der Waals surface area contributed by atoms with Crippen molar-refractivity contribution in [1.82, 2.24) is 0 Å². The number of amides is 2. The number of nitrogens with one attached hydrogen (secondary N) is 1. The molecule has 0 aromatic heterocycles. The van der Waals surface area contributed by atoms with Gasteiger partial charge in [-0.05, 0) is 63.1 Å². The molecular formula is C22H26N2O3. The maximum Gasteiger partial charge on any atom is 0.229 e. The van der Waals surface area contributed by atoms with E-state index >= 15 is 0 Å². The number of aryl methyl sites for hydroxylation is 2. The maximum absolute atomic E-state index is 12.7. The van der Waals surface area contributed by atoms with Crippen LogP contribution in [0.5, 0.6) is 5.75 Å². The second-order valence-corrected chi connectivity index (χ2v) is 7.32. The van der Waals surface area contributed by atoms with Gasteiger partial charge in [0.2, 0.25) is 11.8 Å². The van der Waals surface area contributed by atoms with Crippen LogP contribution in [0.1, 0.15) is 31.4 Å². The fraction of sp³-hybridized carbons (Fsp3) is 0.364. The number of hydrogen-bond acceptors (Lipinski definition) is 3. The Morgan fingerprint density at radius 2 is 1.74 bits per heavy atom. The lowest BCUT2D eigenvalue weighted by molar-refractivity contribution is -0.122. The van der Waals surface area contributed by atoms with Crippen molar-refractivity contribution in [3.8, 4) is 5.75 Å². The van der Waals surface area contributed by atoms with Crippen LogP contribution in [0.3, 0.4) is 0 Å². The highest BCUT2D eigenvalue weighted by Crippen LogP contribution is 2.28. The molecule has 1 atom stereocenters. The Balaban J connectivity index is 1.69. The smallest absolute Gasteiger partial charge is 0.229 e. The van der Waals surface area contributed by atoms with Crippen molar-refractivity contribution in [2.45, 2.75) is 40.2 Å². The first-order chi connectivity index (χ1) is 12.8. The molecule has 1 heterocycles. The van der Waals surface area contributed by atoms with E-state index in [9.17, 15) is 9.59 Å². The van der Waals surface area contributed by atoms with Crippen LogP contribution in [0, 0.1) is 19.8 Å². The Labute approximate surface area is 160 Å². The first-order valence-corrected chi connectivity index (χ1v) is 9.29. The highest BCUT2D eigenvalue weighted by Gasteiger charge is 2.35. The number of para-hydroxylation sites is 1. The lowest BCUT2D eigenvalue weighted by Gasteiger charge is -2.18. The summed E-state index contributed by atoms with van der Waals surface area (Å²) in [5.41, 5.74) is 3.66. The molecule has 0 bridgehead atoms. The summed E-state index contributed by atoms with van der Waals surface area (Å²) < 4.78 is 5.64. The fourth-order valence-corrected chi connectivity index (χ4v) is 3.35. The summed E-state index contributed by atoms with van der Waals surface area (Å²) in [7, 11) is 0. The number of anilines is 2. The van der Waals surface area contributed by atoms with Crippen LogP contribution in [-0.4, -0.2) is 24.5 Å². The first-order valence-electron chi connectivity index (χ1n) is 9.29. The van der Waals surface area contributed by atoms with Crippen molar-refractivity contribution in [3.05, 3.63) is 53.6 Å².